The number of thiophene rings is 1. The van der Waals surface area contributed by atoms with Gasteiger partial charge in [0, 0.05) is 56.3 Å². The van der Waals surface area contributed by atoms with Crippen LogP contribution in [-0.2, 0) is 13.1 Å². The van der Waals surface area contributed by atoms with Crippen LogP contribution in [-0.4, -0.2) is 66.5 Å². The van der Waals surface area contributed by atoms with Crippen LogP contribution >= 0.6 is 11.3 Å². The van der Waals surface area contributed by atoms with E-state index in [-0.39, 0.29) is 30.4 Å². The van der Waals surface area contributed by atoms with Crippen LogP contribution in [0.15, 0.2) is 36.4 Å². The minimum absolute atomic E-state index is 0.0643. The second-order valence-electron chi connectivity index (χ2n) is 6.95. The zero-order valence-electron chi connectivity index (χ0n) is 16.3. The third kappa shape index (κ3) is 6.69. The summed E-state index contributed by atoms with van der Waals surface area (Å²) in [6, 6.07) is 9.38. The molecule has 0 atom stereocenters. The van der Waals surface area contributed by atoms with Crippen LogP contribution in [0.1, 0.15) is 20.1 Å². The summed E-state index contributed by atoms with van der Waals surface area (Å²) in [6.45, 7) is 5.13. The number of nitrogens with one attached hydrogen (secondary N) is 1. The average molecular weight is 443 g/mol. The molecule has 1 aliphatic rings. The predicted molar refractivity (Wildman–Crippen MR) is 107 cm³/mol. The van der Waals surface area contributed by atoms with Crippen molar-refractivity contribution in [2.45, 2.75) is 19.5 Å². The number of nitrogens with zero attached hydrogens (tertiary/aromatic N) is 2. The fraction of sp³-hybridized carbons (Fsp3) is 0.450. The van der Waals surface area contributed by atoms with E-state index in [1.54, 1.807) is 12.1 Å². The molecule has 1 aromatic carbocycles. The molecule has 0 unspecified atom stereocenters. The summed E-state index contributed by atoms with van der Waals surface area (Å²) in [7, 11) is 0. The highest BCUT2D eigenvalue weighted by molar-refractivity contribution is 7.14. The Hall–Kier alpha value is -2.14. The second kappa shape index (κ2) is 10.3. The first-order chi connectivity index (χ1) is 14.3. The Morgan fingerprint density at radius 2 is 1.80 bits per heavy atom. The maximum atomic E-state index is 12.5. The molecule has 10 heteroatoms. The van der Waals surface area contributed by atoms with Crippen LogP contribution in [0.4, 0.5) is 13.2 Å². The molecule has 0 spiro atoms. The molecular formula is C20H24F3N3O3S. The standard InChI is InChI=1S/C20H24F3N3O3S/c21-20(22,23)29-17-4-2-1-3-15(17)13-24-19(28)18-6-5-16(30-18)14-26-9-7-25(8-10-26)11-12-27/h1-6,27H,7-14H2,(H,24,28). The maximum absolute atomic E-state index is 12.5. The Balaban J connectivity index is 1.51. The number of rotatable bonds is 8. The number of alkyl halides is 3. The quantitative estimate of drug-likeness (QED) is 0.657. The lowest BCUT2D eigenvalue weighted by atomic mass is 10.2. The summed E-state index contributed by atoms with van der Waals surface area (Å²) in [5.41, 5.74) is 0.251. The Labute approximate surface area is 176 Å². The number of carbonyl (C=O) groups is 1. The van der Waals surface area contributed by atoms with Gasteiger partial charge in [0.25, 0.3) is 5.91 Å². The molecule has 2 heterocycles. The zero-order valence-corrected chi connectivity index (χ0v) is 17.1. The van der Waals surface area contributed by atoms with E-state index in [4.69, 9.17) is 5.11 Å². The molecule has 1 fully saturated rings. The third-order valence-electron chi connectivity index (χ3n) is 4.78. The third-order valence-corrected chi connectivity index (χ3v) is 5.85. The van der Waals surface area contributed by atoms with Crippen molar-refractivity contribution in [2.75, 3.05) is 39.3 Å². The van der Waals surface area contributed by atoms with E-state index in [0.29, 0.717) is 11.4 Å². The summed E-state index contributed by atoms with van der Waals surface area (Å²) >= 11 is 1.38. The molecule has 2 N–H and O–H groups in total. The molecule has 0 aliphatic carbocycles. The number of aliphatic hydroxyl groups excluding tert-OH is 1. The van der Waals surface area contributed by atoms with Crippen molar-refractivity contribution in [3.8, 4) is 5.75 Å². The van der Waals surface area contributed by atoms with Crippen molar-refractivity contribution in [1.82, 2.24) is 15.1 Å². The molecule has 1 saturated heterocycles. The number of amides is 1. The van der Waals surface area contributed by atoms with E-state index in [1.165, 1.54) is 29.5 Å². The van der Waals surface area contributed by atoms with Gasteiger partial charge >= 0.3 is 6.36 Å². The first-order valence-corrected chi connectivity index (χ1v) is 10.4. The number of aliphatic hydroxyl groups is 1. The first-order valence-electron chi connectivity index (χ1n) is 9.60. The lowest BCUT2D eigenvalue weighted by molar-refractivity contribution is -0.274. The number of carbonyl (C=O) groups excluding carboxylic acids is 1. The lowest BCUT2D eigenvalue weighted by Crippen LogP contribution is -2.46. The van der Waals surface area contributed by atoms with Crippen molar-refractivity contribution in [2.24, 2.45) is 0 Å². The minimum Gasteiger partial charge on any atom is -0.405 e. The number of piperazine rings is 1. The highest BCUT2D eigenvalue weighted by Gasteiger charge is 2.32. The van der Waals surface area contributed by atoms with Crippen LogP contribution in [0.5, 0.6) is 5.75 Å². The van der Waals surface area contributed by atoms with Gasteiger partial charge in [-0.1, -0.05) is 18.2 Å². The highest BCUT2D eigenvalue weighted by Crippen LogP contribution is 2.26. The Morgan fingerprint density at radius 1 is 1.10 bits per heavy atom. The number of β-amino-alcohol motifs (C(OH)–C–C–N with tert-alkyl or cyclic N) is 1. The van der Waals surface area contributed by atoms with Gasteiger partial charge in [0.2, 0.25) is 0 Å². The van der Waals surface area contributed by atoms with E-state index in [9.17, 15) is 18.0 Å². The van der Waals surface area contributed by atoms with Gasteiger partial charge in [-0.05, 0) is 18.2 Å². The second-order valence-corrected chi connectivity index (χ2v) is 8.11. The maximum Gasteiger partial charge on any atom is 0.573 e. The average Bonchev–Trinajstić information content (AvgIpc) is 3.16. The van der Waals surface area contributed by atoms with Crippen molar-refractivity contribution in [3.63, 3.8) is 0 Å². The minimum atomic E-state index is -4.79. The van der Waals surface area contributed by atoms with Gasteiger partial charge in [0.1, 0.15) is 5.75 Å². The topological polar surface area (TPSA) is 65.0 Å². The van der Waals surface area contributed by atoms with Crippen LogP contribution < -0.4 is 10.1 Å². The SMILES string of the molecule is O=C(NCc1ccccc1OC(F)(F)F)c1ccc(CN2CCN(CCO)CC2)s1. The molecule has 1 amide bonds. The summed E-state index contributed by atoms with van der Waals surface area (Å²) < 4.78 is 41.6. The van der Waals surface area contributed by atoms with Gasteiger partial charge in [0.15, 0.2) is 0 Å². The van der Waals surface area contributed by atoms with E-state index in [0.717, 1.165) is 37.6 Å². The Kier molecular flexibility index (Phi) is 7.70. The molecule has 30 heavy (non-hydrogen) atoms. The molecule has 0 radical (unpaired) electrons. The smallest absolute Gasteiger partial charge is 0.405 e. The van der Waals surface area contributed by atoms with Crippen molar-refractivity contribution in [1.29, 1.82) is 0 Å². The van der Waals surface area contributed by atoms with Crippen LogP contribution in [0.3, 0.4) is 0 Å². The normalized spacial score (nSPS) is 15.9. The van der Waals surface area contributed by atoms with Gasteiger partial charge in [-0.15, -0.1) is 24.5 Å². The molecule has 0 saturated carbocycles. The number of para-hydroxylation sites is 1. The van der Waals surface area contributed by atoms with Gasteiger partial charge in [-0.2, -0.15) is 0 Å². The monoisotopic (exact) mass is 443 g/mol. The van der Waals surface area contributed by atoms with Crippen LogP contribution in [0, 0.1) is 0 Å². The summed E-state index contributed by atoms with van der Waals surface area (Å²) in [5.74, 6) is -0.654. The van der Waals surface area contributed by atoms with E-state index < -0.39 is 6.36 Å². The number of halogens is 3. The summed E-state index contributed by atoms with van der Waals surface area (Å²) in [5, 5.41) is 11.7. The van der Waals surface area contributed by atoms with Crippen molar-refractivity contribution in [3.05, 3.63) is 51.7 Å². The molecular weight excluding hydrogens is 419 g/mol. The Morgan fingerprint density at radius 3 is 2.50 bits per heavy atom. The molecule has 2 aromatic rings. The fourth-order valence-electron chi connectivity index (χ4n) is 3.25. The molecule has 1 aliphatic heterocycles. The van der Waals surface area contributed by atoms with Crippen molar-refractivity contribution >= 4 is 17.2 Å². The van der Waals surface area contributed by atoms with E-state index in [1.807, 2.05) is 6.07 Å². The van der Waals surface area contributed by atoms with Gasteiger partial charge in [0.05, 0.1) is 11.5 Å². The number of hydrogen-bond donors (Lipinski definition) is 2. The van der Waals surface area contributed by atoms with Crippen LogP contribution in [0.25, 0.3) is 0 Å². The van der Waals surface area contributed by atoms with Gasteiger partial charge < -0.3 is 15.2 Å². The Bertz CT molecular complexity index is 836. The van der Waals surface area contributed by atoms with E-state index in [2.05, 4.69) is 19.9 Å². The number of ether oxygens (including phenoxy) is 1. The van der Waals surface area contributed by atoms with Crippen molar-refractivity contribution < 1.29 is 27.8 Å². The zero-order chi connectivity index (χ0) is 21.6. The first kappa shape index (κ1) is 22.5. The van der Waals surface area contributed by atoms with Crippen LogP contribution in [0.2, 0.25) is 0 Å². The number of hydrogen-bond acceptors (Lipinski definition) is 6. The molecule has 0 bridgehead atoms. The molecule has 1 aromatic heterocycles. The summed E-state index contributed by atoms with van der Waals surface area (Å²) in [6.07, 6.45) is -4.79. The fourth-order valence-corrected chi connectivity index (χ4v) is 4.22. The summed E-state index contributed by atoms with van der Waals surface area (Å²) in [4.78, 5) is 18.5. The van der Waals surface area contributed by atoms with Gasteiger partial charge in [-0.25, -0.2) is 0 Å². The largest absolute Gasteiger partial charge is 0.573 e. The molecule has 6 nitrogen and oxygen atoms in total. The van der Waals surface area contributed by atoms with Gasteiger partial charge in [-0.3, -0.25) is 14.6 Å². The molecule has 164 valence electrons. The molecule has 3 rings (SSSR count). The lowest BCUT2D eigenvalue weighted by Gasteiger charge is -2.34. The highest BCUT2D eigenvalue weighted by atomic mass is 32.1. The number of benzene rings is 1. The predicted octanol–water partition coefficient (Wildman–Crippen LogP) is 2.69. The van der Waals surface area contributed by atoms with E-state index >= 15 is 0 Å².